The zero-order valence-electron chi connectivity index (χ0n) is 12.0. The van der Waals surface area contributed by atoms with Crippen LogP contribution in [0.25, 0.3) is 11.5 Å². The van der Waals surface area contributed by atoms with Crippen LogP contribution in [0.2, 0.25) is 0 Å². The molecule has 1 aromatic carbocycles. The van der Waals surface area contributed by atoms with Crippen LogP contribution in [0, 0.1) is 0 Å². The third-order valence-electron chi connectivity index (χ3n) is 2.56. The van der Waals surface area contributed by atoms with Crippen molar-refractivity contribution in [2.45, 2.75) is 12.4 Å². The molecule has 0 aliphatic rings. The predicted octanol–water partition coefficient (Wildman–Crippen LogP) is 2.17. The molecule has 1 heterocycles. The van der Waals surface area contributed by atoms with Crippen molar-refractivity contribution in [3.05, 3.63) is 30.2 Å². The fourth-order valence-electron chi connectivity index (χ4n) is 1.51. The lowest BCUT2D eigenvalue weighted by molar-refractivity contribution is -0.0429. The van der Waals surface area contributed by atoms with Crippen LogP contribution in [0.4, 0.5) is 18.9 Å². The molecule has 2 rings (SSSR count). The van der Waals surface area contributed by atoms with Gasteiger partial charge in [0.2, 0.25) is 5.89 Å². The van der Waals surface area contributed by atoms with E-state index in [1.165, 1.54) is 16.9 Å². The summed E-state index contributed by atoms with van der Waals surface area (Å²) in [7, 11) is -5.50. The number of benzene rings is 1. The Kier molecular flexibility index (Phi) is 4.78. The molecule has 8 nitrogen and oxygen atoms in total. The maximum Gasteiger partial charge on any atom is 0.516 e. The number of nitrogens with zero attached hydrogens (tertiary/aromatic N) is 2. The van der Waals surface area contributed by atoms with Gasteiger partial charge in [-0.15, -0.1) is 10.2 Å². The van der Waals surface area contributed by atoms with Gasteiger partial charge in [-0.2, -0.15) is 21.6 Å². The van der Waals surface area contributed by atoms with Crippen molar-refractivity contribution in [3.8, 4) is 11.5 Å². The van der Waals surface area contributed by atoms with E-state index in [2.05, 4.69) is 14.9 Å². The van der Waals surface area contributed by atoms with Crippen LogP contribution in [0.1, 0.15) is 17.6 Å². The average Bonchev–Trinajstić information content (AvgIpc) is 2.96. The molecule has 0 atom stereocenters. The molecule has 24 heavy (non-hydrogen) atoms. The van der Waals surface area contributed by atoms with Crippen LogP contribution in [-0.4, -0.2) is 36.7 Å². The molecule has 0 radical (unpaired) electrons. The molecular weight excluding hydrogens is 355 g/mol. The Hall–Kier alpha value is -2.63. The van der Waals surface area contributed by atoms with Crippen LogP contribution in [-0.2, 0) is 14.8 Å². The highest BCUT2D eigenvalue weighted by atomic mass is 32.2. The first-order valence-corrected chi connectivity index (χ1v) is 7.82. The van der Waals surface area contributed by atoms with E-state index in [0.717, 1.165) is 12.1 Å². The number of ether oxygens (including phenoxy) is 1. The number of aromatic nitrogens is 2. The number of carbonyl (C=O) groups is 1. The Bertz CT molecular complexity index is 830. The Balaban J connectivity index is 2.17. The third kappa shape index (κ3) is 3.82. The predicted molar refractivity (Wildman–Crippen MR) is 74.3 cm³/mol. The van der Waals surface area contributed by atoms with Gasteiger partial charge in [-0.1, -0.05) is 0 Å². The van der Waals surface area contributed by atoms with Gasteiger partial charge in [-0.25, -0.2) is 4.79 Å². The number of alkyl halides is 3. The summed E-state index contributed by atoms with van der Waals surface area (Å²) < 4.78 is 69.9. The highest BCUT2D eigenvalue weighted by Gasteiger charge is 2.46. The van der Waals surface area contributed by atoms with Gasteiger partial charge in [0.1, 0.15) is 0 Å². The minimum absolute atomic E-state index is 0.0803. The van der Waals surface area contributed by atoms with Gasteiger partial charge < -0.3 is 9.15 Å². The zero-order valence-corrected chi connectivity index (χ0v) is 12.8. The van der Waals surface area contributed by atoms with Crippen LogP contribution in [0.15, 0.2) is 28.7 Å². The second-order valence-corrected chi connectivity index (χ2v) is 5.94. The minimum atomic E-state index is -5.50. The summed E-state index contributed by atoms with van der Waals surface area (Å²) in [5.41, 5.74) is -5.46. The molecule has 2 aromatic rings. The summed E-state index contributed by atoms with van der Waals surface area (Å²) in [6.45, 7) is 1.71. The smallest absolute Gasteiger partial charge is 0.459 e. The molecule has 1 aromatic heterocycles. The van der Waals surface area contributed by atoms with E-state index in [1.54, 1.807) is 6.92 Å². The molecule has 0 saturated carbocycles. The van der Waals surface area contributed by atoms with E-state index in [0.29, 0.717) is 0 Å². The number of carbonyl (C=O) groups excluding carboxylic acids is 1. The minimum Gasteiger partial charge on any atom is -0.459 e. The molecule has 0 fully saturated rings. The molecule has 0 bridgehead atoms. The Morgan fingerprint density at radius 1 is 1.25 bits per heavy atom. The summed E-state index contributed by atoms with van der Waals surface area (Å²) in [5, 5.41) is 7.07. The van der Waals surface area contributed by atoms with Crippen molar-refractivity contribution in [1.82, 2.24) is 10.2 Å². The van der Waals surface area contributed by atoms with Crippen LogP contribution < -0.4 is 4.72 Å². The largest absolute Gasteiger partial charge is 0.516 e. The Labute approximate surface area is 133 Å². The highest BCUT2D eigenvalue weighted by Crippen LogP contribution is 2.26. The normalized spacial score (nSPS) is 12.0. The number of hydrogen-bond acceptors (Lipinski definition) is 7. The van der Waals surface area contributed by atoms with Gasteiger partial charge in [-0.3, -0.25) is 4.72 Å². The van der Waals surface area contributed by atoms with Crippen molar-refractivity contribution in [2.24, 2.45) is 0 Å². The van der Waals surface area contributed by atoms with E-state index in [9.17, 15) is 26.4 Å². The van der Waals surface area contributed by atoms with Gasteiger partial charge in [0, 0.05) is 11.3 Å². The van der Waals surface area contributed by atoms with Crippen molar-refractivity contribution in [2.75, 3.05) is 11.3 Å². The third-order valence-corrected chi connectivity index (χ3v) is 3.68. The molecule has 1 N–H and O–H groups in total. The van der Waals surface area contributed by atoms with E-state index in [-0.39, 0.29) is 29.6 Å². The maximum absolute atomic E-state index is 12.3. The SMILES string of the molecule is CCOC(=O)c1nnc(-c2ccc(NS(=O)(=O)C(F)(F)F)cc2)o1. The average molecular weight is 365 g/mol. The zero-order chi connectivity index (χ0) is 18.0. The highest BCUT2D eigenvalue weighted by molar-refractivity contribution is 7.93. The lowest BCUT2D eigenvalue weighted by atomic mass is 10.2. The molecule has 12 heteroatoms. The molecule has 130 valence electrons. The number of hydrogen-bond donors (Lipinski definition) is 1. The summed E-state index contributed by atoms with van der Waals surface area (Å²) >= 11 is 0. The van der Waals surface area contributed by atoms with Crippen molar-refractivity contribution >= 4 is 21.7 Å². The number of nitrogens with one attached hydrogen (secondary N) is 1. The molecule has 0 aliphatic heterocycles. The standard InChI is InChI=1S/C12H10F3N3O5S/c1-2-22-11(19)10-17-16-9(23-10)7-3-5-8(6-4-7)18-24(20,21)12(13,14)15/h3-6,18H,2H2,1H3. The topological polar surface area (TPSA) is 111 Å². The second-order valence-electron chi connectivity index (χ2n) is 4.26. The fourth-order valence-corrected chi connectivity index (χ4v) is 2.07. The molecule has 0 aliphatic carbocycles. The summed E-state index contributed by atoms with van der Waals surface area (Å²) in [5.74, 6) is -1.28. The van der Waals surface area contributed by atoms with Gasteiger partial charge in [-0.05, 0) is 31.2 Å². The van der Waals surface area contributed by atoms with Crippen LogP contribution in [0.3, 0.4) is 0 Å². The molecular formula is C12H10F3N3O5S. The number of esters is 1. The van der Waals surface area contributed by atoms with Gasteiger partial charge in [0.25, 0.3) is 0 Å². The lowest BCUT2D eigenvalue weighted by Gasteiger charge is -2.10. The first kappa shape index (κ1) is 17.7. The lowest BCUT2D eigenvalue weighted by Crippen LogP contribution is -2.29. The summed E-state index contributed by atoms with van der Waals surface area (Å²) in [6, 6.07) is 4.65. The second kappa shape index (κ2) is 6.47. The first-order chi connectivity index (χ1) is 11.1. The number of rotatable bonds is 5. The van der Waals surface area contributed by atoms with Crippen molar-refractivity contribution in [3.63, 3.8) is 0 Å². The van der Waals surface area contributed by atoms with Gasteiger partial charge >= 0.3 is 27.4 Å². The van der Waals surface area contributed by atoms with Crippen molar-refractivity contribution < 1.29 is 35.5 Å². The number of halogens is 3. The van der Waals surface area contributed by atoms with E-state index in [1.807, 2.05) is 0 Å². The van der Waals surface area contributed by atoms with Gasteiger partial charge in [0.05, 0.1) is 6.61 Å². The summed E-state index contributed by atoms with van der Waals surface area (Å²) in [6.07, 6.45) is 0. The Morgan fingerprint density at radius 2 is 1.88 bits per heavy atom. The molecule has 0 amide bonds. The number of sulfonamides is 1. The summed E-state index contributed by atoms with van der Waals surface area (Å²) in [4.78, 5) is 11.4. The van der Waals surface area contributed by atoms with Crippen molar-refractivity contribution in [1.29, 1.82) is 0 Å². The van der Waals surface area contributed by atoms with Gasteiger partial charge in [0.15, 0.2) is 0 Å². The van der Waals surface area contributed by atoms with E-state index < -0.39 is 21.5 Å². The van der Waals surface area contributed by atoms with E-state index >= 15 is 0 Å². The number of anilines is 1. The Morgan fingerprint density at radius 3 is 2.42 bits per heavy atom. The van der Waals surface area contributed by atoms with Crippen LogP contribution in [0.5, 0.6) is 0 Å². The molecule has 0 unspecified atom stereocenters. The molecule has 0 spiro atoms. The maximum atomic E-state index is 12.3. The first-order valence-electron chi connectivity index (χ1n) is 6.34. The monoisotopic (exact) mass is 365 g/mol. The quantitative estimate of drug-likeness (QED) is 0.808. The van der Waals surface area contributed by atoms with Crippen LogP contribution >= 0.6 is 0 Å². The van der Waals surface area contributed by atoms with E-state index in [4.69, 9.17) is 4.42 Å². The fraction of sp³-hybridized carbons (Fsp3) is 0.250. The molecule has 0 saturated heterocycles.